The normalized spacial score (nSPS) is 26.8. The smallest absolute Gasteiger partial charge is 0.170 e. The second-order valence-corrected chi connectivity index (χ2v) is 6.19. The van der Waals surface area contributed by atoms with Gasteiger partial charge in [0, 0.05) is 18.7 Å². The van der Waals surface area contributed by atoms with E-state index in [-0.39, 0.29) is 5.84 Å². The van der Waals surface area contributed by atoms with E-state index in [4.69, 9.17) is 10.9 Å². The lowest BCUT2D eigenvalue weighted by Gasteiger charge is -2.35. The molecule has 5 N–H and O–H groups in total. The van der Waals surface area contributed by atoms with Crippen LogP contribution in [0.25, 0.3) is 0 Å². The first-order valence-electron chi connectivity index (χ1n) is 7.52. The molecule has 2 rings (SSSR count). The van der Waals surface area contributed by atoms with E-state index in [1.54, 1.807) is 0 Å². The first-order chi connectivity index (χ1) is 10.0. The van der Waals surface area contributed by atoms with Crippen molar-refractivity contribution in [1.29, 1.82) is 0 Å². The van der Waals surface area contributed by atoms with Crippen LogP contribution in [0.4, 0.5) is 0 Å². The summed E-state index contributed by atoms with van der Waals surface area (Å²) < 4.78 is 0. The maximum Gasteiger partial charge on any atom is 0.170 e. The fourth-order valence-corrected chi connectivity index (χ4v) is 2.77. The number of aliphatic hydroxyl groups is 1. The maximum absolute atomic E-state index is 10.5. The molecule has 1 fully saturated rings. The number of hydrogen-bond donors (Lipinski definition) is 4. The lowest BCUT2D eigenvalue weighted by atomic mass is 9.79. The topological polar surface area (TPSA) is 90.9 Å². The molecule has 1 saturated carbocycles. The lowest BCUT2D eigenvalue weighted by molar-refractivity contribution is -0.00630. The average molecular weight is 291 g/mol. The zero-order chi connectivity index (χ0) is 15.3. The molecule has 5 heteroatoms. The number of amidine groups is 1. The summed E-state index contributed by atoms with van der Waals surface area (Å²) in [6.07, 6.45) is 3.96. The molecule has 21 heavy (non-hydrogen) atoms. The van der Waals surface area contributed by atoms with Gasteiger partial charge in [-0.2, -0.15) is 0 Å². The van der Waals surface area contributed by atoms with Gasteiger partial charge in [-0.15, -0.1) is 0 Å². The van der Waals surface area contributed by atoms with Crippen molar-refractivity contribution in [3.63, 3.8) is 0 Å². The van der Waals surface area contributed by atoms with Crippen molar-refractivity contribution in [2.24, 2.45) is 16.8 Å². The standard InChI is InChI=1S/C16H25N3O2/c1-12-6-8-16(20,9-7-12)11-18-10-13-2-4-14(5-3-13)15(17)19-21/h2-5,12,18,20-21H,6-11H2,1H3,(H2,17,19). The van der Waals surface area contributed by atoms with E-state index in [1.165, 1.54) is 0 Å². The highest BCUT2D eigenvalue weighted by Gasteiger charge is 2.31. The van der Waals surface area contributed by atoms with E-state index >= 15 is 0 Å². The average Bonchev–Trinajstić information content (AvgIpc) is 2.50. The predicted octanol–water partition coefficient (Wildman–Crippen LogP) is 1.81. The molecule has 0 unspecified atom stereocenters. The minimum Gasteiger partial charge on any atom is -0.409 e. The van der Waals surface area contributed by atoms with Crippen LogP contribution in [0.2, 0.25) is 0 Å². The van der Waals surface area contributed by atoms with Gasteiger partial charge >= 0.3 is 0 Å². The van der Waals surface area contributed by atoms with E-state index < -0.39 is 5.60 Å². The van der Waals surface area contributed by atoms with Crippen LogP contribution in [0.1, 0.15) is 43.7 Å². The first kappa shape index (κ1) is 15.8. The van der Waals surface area contributed by atoms with Gasteiger partial charge in [0.2, 0.25) is 0 Å². The Morgan fingerprint density at radius 1 is 1.33 bits per heavy atom. The minimum absolute atomic E-state index is 0.111. The molecular formula is C16H25N3O2. The number of nitrogens with zero attached hydrogens (tertiary/aromatic N) is 1. The first-order valence-corrected chi connectivity index (χ1v) is 7.52. The molecule has 1 aromatic carbocycles. The van der Waals surface area contributed by atoms with Crippen molar-refractivity contribution in [2.75, 3.05) is 6.54 Å². The lowest BCUT2D eigenvalue weighted by Crippen LogP contribution is -2.43. The second kappa shape index (κ2) is 6.91. The molecule has 0 atom stereocenters. The van der Waals surface area contributed by atoms with Crippen LogP contribution >= 0.6 is 0 Å². The molecule has 0 heterocycles. The molecule has 1 aliphatic rings. The molecule has 0 aromatic heterocycles. The molecule has 1 aromatic rings. The summed E-state index contributed by atoms with van der Waals surface area (Å²) in [5, 5.41) is 25.4. The minimum atomic E-state index is -0.555. The SMILES string of the molecule is CC1CCC(O)(CNCc2ccc(C(N)=NO)cc2)CC1. The van der Waals surface area contributed by atoms with Crippen molar-refractivity contribution < 1.29 is 10.3 Å². The van der Waals surface area contributed by atoms with Crippen LogP contribution in [0.15, 0.2) is 29.4 Å². The Kier molecular flexibility index (Phi) is 5.20. The Morgan fingerprint density at radius 2 is 1.95 bits per heavy atom. The van der Waals surface area contributed by atoms with Crippen LogP contribution in [-0.4, -0.2) is 28.3 Å². The number of rotatable bonds is 5. The summed E-state index contributed by atoms with van der Waals surface area (Å²) in [5.74, 6) is 0.844. The molecule has 0 radical (unpaired) electrons. The van der Waals surface area contributed by atoms with Gasteiger partial charge in [-0.3, -0.25) is 0 Å². The quantitative estimate of drug-likeness (QED) is 0.288. The Morgan fingerprint density at radius 3 is 2.52 bits per heavy atom. The van der Waals surface area contributed by atoms with Gasteiger partial charge in [-0.1, -0.05) is 36.3 Å². The third kappa shape index (κ3) is 4.44. The summed E-state index contributed by atoms with van der Waals surface area (Å²) >= 11 is 0. The van der Waals surface area contributed by atoms with Crippen molar-refractivity contribution in [2.45, 2.75) is 44.8 Å². The molecule has 5 nitrogen and oxygen atoms in total. The van der Waals surface area contributed by atoms with Crippen LogP contribution in [-0.2, 0) is 6.54 Å². The highest BCUT2D eigenvalue weighted by molar-refractivity contribution is 5.96. The fraction of sp³-hybridized carbons (Fsp3) is 0.562. The summed E-state index contributed by atoms with van der Waals surface area (Å²) in [4.78, 5) is 0. The highest BCUT2D eigenvalue weighted by Crippen LogP contribution is 2.31. The fourth-order valence-electron chi connectivity index (χ4n) is 2.77. The molecule has 0 amide bonds. The summed E-state index contributed by atoms with van der Waals surface area (Å²) in [7, 11) is 0. The van der Waals surface area contributed by atoms with Gasteiger partial charge in [-0.05, 0) is 37.2 Å². The molecule has 116 valence electrons. The van der Waals surface area contributed by atoms with Crippen molar-refractivity contribution in [3.05, 3.63) is 35.4 Å². The third-order valence-corrected chi connectivity index (χ3v) is 4.35. The predicted molar refractivity (Wildman–Crippen MR) is 83.2 cm³/mol. The summed E-state index contributed by atoms with van der Waals surface area (Å²) in [5.41, 5.74) is 6.77. The van der Waals surface area contributed by atoms with E-state index in [9.17, 15) is 5.11 Å². The zero-order valence-electron chi connectivity index (χ0n) is 12.5. The van der Waals surface area contributed by atoms with Gasteiger partial charge in [0.15, 0.2) is 5.84 Å². The largest absolute Gasteiger partial charge is 0.409 e. The van der Waals surface area contributed by atoms with E-state index in [1.807, 2.05) is 24.3 Å². The van der Waals surface area contributed by atoms with Crippen LogP contribution in [0, 0.1) is 5.92 Å². The van der Waals surface area contributed by atoms with Gasteiger partial charge in [0.25, 0.3) is 0 Å². The molecule has 0 spiro atoms. The molecule has 1 aliphatic carbocycles. The maximum atomic E-state index is 10.5. The van der Waals surface area contributed by atoms with Gasteiger partial charge < -0.3 is 21.4 Å². The van der Waals surface area contributed by atoms with Crippen molar-refractivity contribution in [1.82, 2.24) is 5.32 Å². The van der Waals surface area contributed by atoms with Gasteiger partial charge in [0.1, 0.15) is 0 Å². The monoisotopic (exact) mass is 291 g/mol. The van der Waals surface area contributed by atoms with Gasteiger partial charge in [-0.25, -0.2) is 0 Å². The third-order valence-electron chi connectivity index (χ3n) is 4.35. The number of benzene rings is 1. The van der Waals surface area contributed by atoms with Gasteiger partial charge in [0.05, 0.1) is 5.60 Å². The van der Waals surface area contributed by atoms with E-state index in [0.717, 1.165) is 37.2 Å². The van der Waals surface area contributed by atoms with Crippen LogP contribution < -0.4 is 11.1 Å². The van der Waals surface area contributed by atoms with Crippen LogP contribution in [0.5, 0.6) is 0 Å². The summed E-state index contributed by atoms with van der Waals surface area (Å²) in [6.45, 7) is 3.58. The number of nitrogens with one attached hydrogen (secondary N) is 1. The van der Waals surface area contributed by atoms with E-state index in [2.05, 4.69) is 17.4 Å². The number of oxime groups is 1. The number of hydrogen-bond acceptors (Lipinski definition) is 4. The molecule has 0 bridgehead atoms. The molecule has 0 saturated heterocycles. The van der Waals surface area contributed by atoms with E-state index in [0.29, 0.717) is 18.7 Å². The van der Waals surface area contributed by atoms with Crippen molar-refractivity contribution in [3.8, 4) is 0 Å². The Hall–Kier alpha value is -1.59. The Balaban J connectivity index is 1.81. The molecule has 0 aliphatic heterocycles. The zero-order valence-corrected chi connectivity index (χ0v) is 12.5. The van der Waals surface area contributed by atoms with Crippen LogP contribution in [0.3, 0.4) is 0 Å². The Labute approximate surface area is 125 Å². The Bertz CT molecular complexity index is 477. The second-order valence-electron chi connectivity index (χ2n) is 6.19. The number of nitrogens with two attached hydrogens (primary N) is 1. The van der Waals surface area contributed by atoms with Crippen molar-refractivity contribution >= 4 is 5.84 Å². The highest BCUT2D eigenvalue weighted by atomic mass is 16.4. The summed E-state index contributed by atoms with van der Waals surface area (Å²) in [6, 6.07) is 7.52. The molecular weight excluding hydrogens is 266 g/mol.